The molecule has 0 radical (unpaired) electrons. The van der Waals surface area contributed by atoms with Crippen LogP contribution in [0.15, 0.2) is 118 Å². The molecule has 45 heavy (non-hydrogen) atoms. The summed E-state index contributed by atoms with van der Waals surface area (Å²) in [6.45, 7) is 0. The average Bonchev–Trinajstić information content (AvgIpc) is 3.58. The standard InChI is InChI=1S/C32H25BN6O6/c40-29-15-16-30(41)38(29)25-11-7-21(8-12-25)34-36-23-3-1-5-27(19-23)44-33-45-28-6-2-4-24(20-28)37-35-22-9-13-26(14-10-22)39-31(42)17-18-32(39)43/h1-14,19-20,33H,15-18H2. The van der Waals surface area contributed by atoms with Gasteiger partial charge in [0.05, 0.1) is 34.1 Å². The minimum Gasteiger partial charge on any atom is -0.528 e. The highest BCUT2D eigenvalue weighted by molar-refractivity contribution is 6.21. The lowest BCUT2D eigenvalue weighted by molar-refractivity contribution is -0.122. The molecule has 4 aromatic rings. The Hall–Kier alpha value is -5.98. The third-order valence-electron chi connectivity index (χ3n) is 6.97. The Kier molecular flexibility index (Phi) is 8.49. The van der Waals surface area contributed by atoms with Crippen LogP contribution >= 0.6 is 0 Å². The van der Waals surface area contributed by atoms with Gasteiger partial charge in [-0.25, -0.2) is 0 Å². The normalized spacial score (nSPS) is 15.1. The second kappa shape index (κ2) is 13.1. The van der Waals surface area contributed by atoms with Gasteiger partial charge in [0.1, 0.15) is 11.5 Å². The first-order valence-electron chi connectivity index (χ1n) is 14.1. The second-order valence-electron chi connectivity index (χ2n) is 10.1. The number of benzene rings is 4. The van der Waals surface area contributed by atoms with Crippen LogP contribution in [-0.2, 0) is 19.2 Å². The van der Waals surface area contributed by atoms with Crippen molar-refractivity contribution in [3.8, 4) is 11.5 Å². The quantitative estimate of drug-likeness (QED) is 0.115. The maximum atomic E-state index is 11.9. The summed E-state index contributed by atoms with van der Waals surface area (Å²) in [5.41, 5.74) is 3.30. The molecule has 6 rings (SSSR count). The highest BCUT2D eigenvalue weighted by Crippen LogP contribution is 2.29. The summed E-state index contributed by atoms with van der Waals surface area (Å²) in [6.07, 6.45) is 0.925. The van der Waals surface area contributed by atoms with E-state index in [1.807, 2.05) is 0 Å². The van der Waals surface area contributed by atoms with Gasteiger partial charge in [0.15, 0.2) is 0 Å². The number of rotatable bonds is 10. The number of nitrogens with zero attached hydrogens (tertiary/aromatic N) is 6. The predicted octanol–water partition coefficient (Wildman–Crippen LogP) is 6.55. The average molecular weight is 600 g/mol. The zero-order valence-electron chi connectivity index (χ0n) is 23.9. The van der Waals surface area contributed by atoms with Crippen molar-refractivity contribution in [3.63, 3.8) is 0 Å². The number of amides is 4. The Morgan fingerprint density at radius 1 is 0.467 bits per heavy atom. The predicted molar refractivity (Wildman–Crippen MR) is 166 cm³/mol. The van der Waals surface area contributed by atoms with E-state index in [9.17, 15) is 19.2 Å². The first kappa shape index (κ1) is 29.1. The first-order valence-corrected chi connectivity index (χ1v) is 14.1. The van der Waals surface area contributed by atoms with Crippen molar-refractivity contribution in [3.05, 3.63) is 97.1 Å². The zero-order chi connectivity index (χ0) is 31.2. The summed E-state index contributed by atoms with van der Waals surface area (Å²) < 4.78 is 11.5. The lowest BCUT2D eigenvalue weighted by atomic mass is 10.2. The van der Waals surface area contributed by atoms with Gasteiger partial charge in [0.2, 0.25) is 23.6 Å². The minimum absolute atomic E-state index is 0.0635. The van der Waals surface area contributed by atoms with Gasteiger partial charge in [-0.2, -0.15) is 20.5 Å². The van der Waals surface area contributed by atoms with Crippen LogP contribution < -0.4 is 19.1 Å². The molecule has 0 aliphatic carbocycles. The van der Waals surface area contributed by atoms with E-state index in [4.69, 9.17) is 9.31 Å². The summed E-state index contributed by atoms with van der Waals surface area (Å²) in [5.74, 6) is 0.249. The number of carbonyl (C=O) groups excluding carboxylic acids is 4. The molecule has 0 bridgehead atoms. The monoisotopic (exact) mass is 600 g/mol. The van der Waals surface area contributed by atoms with Crippen LogP contribution in [0, 0.1) is 0 Å². The van der Waals surface area contributed by atoms with Crippen LogP contribution in [0.3, 0.4) is 0 Å². The van der Waals surface area contributed by atoms with Crippen molar-refractivity contribution >= 4 is 65.4 Å². The topological polar surface area (TPSA) is 143 Å². The molecule has 2 heterocycles. The summed E-state index contributed by atoms with van der Waals surface area (Å²) in [5, 5.41) is 17.0. The fourth-order valence-corrected chi connectivity index (χ4v) is 4.73. The molecular weight excluding hydrogens is 575 g/mol. The Morgan fingerprint density at radius 2 is 0.822 bits per heavy atom. The molecule has 0 N–H and O–H groups in total. The van der Waals surface area contributed by atoms with E-state index in [0.29, 0.717) is 45.6 Å². The zero-order valence-corrected chi connectivity index (χ0v) is 23.9. The maximum absolute atomic E-state index is 11.9. The highest BCUT2D eigenvalue weighted by Gasteiger charge is 2.31. The van der Waals surface area contributed by atoms with Crippen molar-refractivity contribution < 1.29 is 28.5 Å². The van der Waals surface area contributed by atoms with Gasteiger partial charge in [-0.3, -0.25) is 29.0 Å². The van der Waals surface area contributed by atoms with Crippen molar-refractivity contribution in [2.24, 2.45) is 20.5 Å². The lowest BCUT2D eigenvalue weighted by Crippen LogP contribution is -2.28. The molecule has 0 unspecified atom stereocenters. The first-order chi connectivity index (χ1) is 21.9. The summed E-state index contributed by atoms with van der Waals surface area (Å²) in [7, 11) is -0.0635. The minimum atomic E-state index is -0.204. The van der Waals surface area contributed by atoms with Crippen molar-refractivity contribution in [1.82, 2.24) is 0 Å². The number of hydrogen-bond donors (Lipinski definition) is 0. The van der Waals surface area contributed by atoms with Crippen LogP contribution in [0.4, 0.5) is 34.1 Å². The van der Waals surface area contributed by atoms with E-state index in [-0.39, 0.29) is 57.0 Å². The van der Waals surface area contributed by atoms with Gasteiger partial charge in [-0.1, -0.05) is 12.1 Å². The van der Waals surface area contributed by atoms with E-state index in [1.54, 1.807) is 97.1 Å². The number of carbonyl (C=O) groups is 4. The summed E-state index contributed by atoms with van der Waals surface area (Å²) in [4.78, 5) is 50.1. The van der Waals surface area contributed by atoms with Crippen LogP contribution in [0.2, 0.25) is 0 Å². The fourth-order valence-electron chi connectivity index (χ4n) is 4.73. The van der Waals surface area contributed by atoms with Gasteiger partial charge >= 0.3 is 7.69 Å². The molecule has 0 saturated carbocycles. The molecule has 2 fully saturated rings. The number of hydrogen-bond acceptors (Lipinski definition) is 10. The molecule has 12 nitrogen and oxygen atoms in total. The number of anilines is 2. The van der Waals surface area contributed by atoms with Gasteiger partial charge in [0.25, 0.3) is 0 Å². The molecule has 2 aliphatic rings. The Balaban J connectivity index is 1.01. The van der Waals surface area contributed by atoms with E-state index in [0.717, 1.165) is 0 Å². The van der Waals surface area contributed by atoms with E-state index < -0.39 is 0 Å². The molecular formula is C32H25BN6O6. The van der Waals surface area contributed by atoms with Gasteiger partial charge in [0, 0.05) is 37.8 Å². The number of imide groups is 2. The van der Waals surface area contributed by atoms with Gasteiger partial charge in [-0.05, 0) is 72.8 Å². The second-order valence-corrected chi connectivity index (χ2v) is 10.1. The Labute approximate surface area is 258 Å². The SMILES string of the molecule is O=C1CCC(=O)N1c1ccc(N=Nc2cccc(OBOc3cccc(N=Nc4ccc(N5C(=O)CCC5=O)cc4)c3)c2)cc1. The number of azo groups is 2. The third kappa shape index (κ3) is 6.99. The van der Waals surface area contributed by atoms with Crippen molar-refractivity contribution in [2.75, 3.05) is 9.80 Å². The molecule has 0 aromatic heterocycles. The van der Waals surface area contributed by atoms with Gasteiger partial charge < -0.3 is 9.31 Å². The van der Waals surface area contributed by atoms with Crippen molar-refractivity contribution in [2.45, 2.75) is 25.7 Å². The molecule has 0 atom stereocenters. The Bertz CT molecular complexity index is 1660. The molecule has 4 amide bonds. The Morgan fingerprint density at radius 3 is 1.20 bits per heavy atom. The summed E-state index contributed by atoms with van der Waals surface area (Å²) >= 11 is 0. The van der Waals surface area contributed by atoms with E-state index in [2.05, 4.69) is 20.5 Å². The molecule has 4 aromatic carbocycles. The molecule has 2 saturated heterocycles. The third-order valence-corrected chi connectivity index (χ3v) is 6.97. The van der Waals surface area contributed by atoms with E-state index >= 15 is 0 Å². The van der Waals surface area contributed by atoms with Crippen LogP contribution in [-0.4, -0.2) is 31.3 Å². The maximum Gasteiger partial charge on any atom is 0.576 e. The molecule has 2 aliphatic heterocycles. The van der Waals surface area contributed by atoms with E-state index in [1.165, 1.54) is 9.80 Å². The largest absolute Gasteiger partial charge is 0.576 e. The van der Waals surface area contributed by atoms with Gasteiger partial charge in [-0.15, -0.1) is 0 Å². The lowest BCUT2D eigenvalue weighted by Gasteiger charge is -2.13. The van der Waals surface area contributed by atoms with Crippen LogP contribution in [0.25, 0.3) is 0 Å². The van der Waals surface area contributed by atoms with Crippen LogP contribution in [0.1, 0.15) is 25.7 Å². The van der Waals surface area contributed by atoms with Crippen LogP contribution in [0.5, 0.6) is 11.5 Å². The smallest absolute Gasteiger partial charge is 0.528 e. The summed E-state index contributed by atoms with van der Waals surface area (Å²) in [6, 6.07) is 27.5. The molecule has 13 heteroatoms. The fraction of sp³-hybridized carbons (Fsp3) is 0.125. The molecule has 0 spiro atoms. The highest BCUT2D eigenvalue weighted by atomic mass is 16.6. The molecule has 222 valence electrons. The van der Waals surface area contributed by atoms with Crippen molar-refractivity contribution in [1.29, 1.82) is 0 Å².